The average Bonchev–Trinajstić information content (AvgIpc) is 2.58. The van der Waals surface area contributed by atoms with Gasteiger partial charge in [0.15, 0.2) is 0 Å². The minimum atomic E-state index is 0.724. The summed E-state index contributed by atoms with van der Waals surface area (Å²) in [5.41, 5.74) is 3.31. The van der Waals surface area contributed by atoms with Crippen molar-refractivity contribution in [2.24, 2.45) is 0 Å². The summed E-state index contributed by atoms with van der Waals surface area (Å²) < 4.78 is 8.39. The van der Waals surface area contributed by atoms with Crippen LogP contribution in [0.5, 0.6) is 5.75 Å². The number of aryl methyl sites for hydroxylation is 2. The highest BCUT2D eigenvalue weighted by Crippen LogP contribution is 2.24. The fourth-order valence-electron chi connectivity index (χ4n) is 1.87. The molecule has 0 aliphatic rings. The van der Waals surface area contributed by atoms with Crippen LogP contribution in [0.25, 0.3) is 0 Å². The third-order valence-electron chi connectivity index (χ3n) is 2.67. The van der Waals surface area contributed by atoms with Crippen LogP contribution in [0.1, 0.15) is 17.0 Å². The molecule has 0 saturated carbocycles. The van der Waals surface area contributed by atoms with E-state index in [1.54, 1.807) is 7.11 Å². The van der Waals surface area contributed by atoms with Gasteiger partial charge in [-0.1, -0.05) is 15.9 Å². The van der Waals surface area contributed by atoms with Crippen molar-refractivity contribution in [2.45, 2.75) is 20.4 Å². The number of ether oxygens (including phenoxy) is 1. The predicted octanol–water partition coefficient (Wildman–Crippen LogP) is 3.32. The maximum Gasteiger partial charge on any atom is 0.124 e. The van der Waals surface area contributed by atoms with Gasteiger partial charge in [0.25, 0.3) is 0 Å². The molecule has 2 rings (SSSR count). The van der Waals surface area contributed by atoms with Gasteiger partial charge < -0.3 is 4.74 Å². The van der Waals surface area contributed by atoms with Gasteiger partial charge in [0.05, 0.1) is 19.3 Å². The number of hydrogen-bond acceptors (Lipinski definition) is 2. The molecule has 1 aromatic heterocycles. The van der Waals surface area contributed by atoms with Crippen molar-refractivity contribution in [3.8, 4) is 5.75 Å². The first-order valence-electron chi connectivity index (χ1n) is 5.43. The molecule has 0 N–H and O–H groups in total. The largest absolute Gasteiger partial charge is 0.496 e. The number of methoxy groups -OCH3 is 1. The highest BCUT2D eigenvalue weighted by Gasteiger charge is 2.07. The van der Waals surface area contributed by atoms with Gasteiger partial charge in [-0.05, 0) is 38.1 Å². The van der Waals surface area contributed by atoms with E-state index in [0.717, 1.165) is 33.7 Å². The van der Waals surface area contributed by atoms with E-state index in [2.05, 4.69) is 40.1 Å². The maximum absolute atomic E-state index is 5.36. The number of hydrogen-bond donors (Lipinski definition) is 0. The fourth-order valence-corrected chi connectivity index (χ4v) is 2.28. The van der Waals surface area contributed by atoms with Crippen LogP contribution in [-0.2, 0) is 6.54 Å². The Kier molecular flexibility index (Phi) is 3.52. The molecule has 0 amide bonds. The monoisotopic (exact) mass is 294 g/mol. The van der Waals surface area contributed by atoms with E-state index >= 15 is 0 Å². The summed E-state index contributed by atoms with van der Waals surface area (Å²) in [7, 11) is 1.69. The maximum atomic E-state index is 5.36. The van der Waals surface area contributed by atoms with Crippen molar-refractivity contribution in [3.05, 3.63) is 45.7 Å². The van der Waals surface area contributed by atoms with Gasteiger partial charge in [-0.2, -0.15) is 5.10 Å². The van der Waals surface area contributed by atoms with Gasteiger partial charge in [0.2, 0.25) is 0 Å². The summed E-state index contributed by atoms with van der Waals surface area (Å²) in [5.74, 6) is 0.890. The Morgan fingerprint density at radius 1 is 1.29 bits per heavy atom. The van der Waals surface area contributed by atoms with Crippen molar-refractivity contribution in [3.63, 3.8) is 0 Å². The first-order valence-corrected chi connectivity index (χ1v) is 6.23. The molecule has 0 atom stereocenters. The van der Waals surface area contributed by atoms with E-state index in [1.165, 1.54) is 0 Å². The van der Waals surface area contributed by atoms with Crippen molar-refractivity contribution in [1.82, 2.24) is 9.78 Å². The minimum absolute atomic E-state index is 0.724. The lowest BCUT2D eigenvalue weighted by atomic mass is 10.2. The van der Waals surface area contributed by atoms with Crippen LogP contribution in [0.4, 0.5) is 0 Å². The second kappa shape index (κ2) is 4.92. The van der Waals surface area contributed by atoms with Gasteiger partial charge >= 0.3 is 0 Å². The Balaban J connectivity index is 2.35. The summed E-state index contributed by atoms with van der Waals surface area (Å²) in [5, 5.41) is 4.46. The molecule has 0 bridgehead atoms. The molecule has 0 spiro atoms. The van der Waals surface area contributed by atoms with Crippen molar-refractivity contribution in [1.29, 1.82) is 0 Å². The fraction of sp³-hybridized carbons (Fsp3) is 0.308. The van der Waals surface area contributed by atoms with Crippen molar-refractivity contribution < 1.29 is 4.74 Å². The molecule has 0 radical (unpaired) electrons. The molecule has 0 aliphatic heterocycles. The molecule has 17 heavy (non-hydrogen) atoms. The van der Waals surface area contributed by atoms with E-state index in [0.29, 0.717) is 0 Å². The lowest BCUT2D eigenvalue weighted by Crippen LogP contribution is -2.05. The molecule has 1 aromatic carbocycles. The van der Waals surface area contributed by atoms with Crippen LogP contribution in [-0.4, -0.2) is 16.9 Å². The lowest BCUT2D eigenvalue weighted by Gasteiger charge is -2.10. The quantitative estimate of drug-likeness (QED) is 0.868. The first-order chi connectivity index (χ1) is 8.10. The van der Waals surface area contributed by atoms with Crippen LogP contribution >= 0.6 is 15.9 Å². The van der Waals surface area contributed by atoms with Crippen LogP contribution < -0.4 is 4.74 Å². The zero-order chi connectivity index (χ0) is 12.4. The number of benzene rings is 1. The van der Waals surface area contributed by atoms with E-state index < -0.39 is 0 Å². The molecule has 3 nitrogen and oxygen atoms in total. The summed E-state index contributed by atoms with van der Waals surface area (Å²) in [6.07, 6.45) is 0. The van der Waals surface area contributed by atoms with Gasteiger partial charge in [-0.3, -0.25) is 4.68 Å². The number of nitrogens with zero attached hydrogens (tertiary/aromatic N) is 2. The zero-order valence-corrected chi connectivity index (χ0v) is 11.8. The SMILES string of the molecule is COc1ccc(Br)cc1Cn1nc(C)cc1C. The summed E-state index contributed by atoms with van der Waals surface area (Å²) in [6.45, 7) is 4.79. The van der Waals surface area contributed by atoms with Crippen molar-refractivity contribution >= 4 is 15.9 Å². The molecule has 0 unspecified atom stereocenters. The summed E-state index contributed by atoms with van der Waals surface area (Å²) in [4.78, 5) is 0. The van der Waals surface area contributed by atoms with Gasteiger partial charge in [0, 0.05) is 15.7 Å². The predicted molar refractivity (Wildman–Crippen MR) is 71.5 cm³/mol. The van der Waals surface area contributed by atoms with Crippen molar-refractivity contribution in [2.75, 3.05) is 7.11 Å². The molecule has 0 fully saturated rings. The molecule has 1 heterocycles. The zero-order valence-electron chi connectivity index (χ0n) is 10.2. The second-order valence-corrected chi connectivity index (χ2v) is 4.96. The molecule has 4 heteroatoms. The van der Waals surface area contributed by atoms with E-state index in [-0.39, 0.29) is 0 Å². The average molecular weight is 295 g/mol. The lowest BCUT2D eigenvalue weighted by molar-refractivity contribution is 0.407. The van der Waals surface area contributed by atoms with Gasteiger partial charge in [-0.25, -0.2) is 0 Å². The molecule has 0 aliphatic carbocycles. The van der Waals surface area contributed by atoms with E-state index in [1.807, 2.05) is 23.7 Å². The number of aromatic nitrogens is 2. The Morgan fingerprint density at radius 3 is 2.65 bits per heavy atom. The standard InChI is InChI=1S/C13H15BrN2O/c1-9-6-10(2)16(15-9)8-11-7-12(14)4-5-13(11)17-3/h4-7H,8H2,1-3H3. The van der Waals surface area contributed by atoms with Gasteiger partial charge in [-0.15, -0.1) is 0 Å². The Labute approximate surface area is 110 Å². The first kappa shape index (κ1) is 12.2. The molecule has 90 valence electrons. The van der Waals surface area contributed by atoms with Crippen LogP contribution in [0.3, 0.4) is 0 Å². The second-order valence-electron chi connectivity index (χ2n) is 4.04. The topological polar surface area (TPSA) is 27.1 Å². The third-order valence-corrected chi connectivity index (χ3v) is 3.16. The highest BCUT2D eigenvalue weighted by atomic mass is 79.9. The van der Waals surface area contributed by atoms with Crippen LogP contribution in [0.15, 0.2) is 28.7 Å². The normalized spacial score (nSPS) is 10.6. The Morgan fingerprint density at radius 2 is 2.06 bits per heavy atom. The molecule has 2 aromatic rings. The number of halogens is 1. The highest BCUT2D eigenvalue weighted by molar-refractivity contribution is 9.10. The van der Waals surface area contributed by atoms with E-state index in [9.17, 15) is 0 Å². The smallest absolute Gasteiger partial charge is 0.124 e. The van der Waals surface area contributed by atoms with Crippen LogP contribution in [0.2, 0.25) is 0 Å². The Hall–Kier alpha value is -1.29. The van der Waals surface area contributed by atoms with E-state index in [4.69, 9.17) is 4.74 Å². The number of rotatable bonds is 3. The molecular weight excluding hydrogens is 280 g/mol. The van der Waals surface area contributed by atoms with Gasteiger partial charge in [0.1, 0.15) is 5.75 Å². The minimum Gasteiger partial charge on any atom is -0.496 e. The summed E-state index contributed by atoms with van der Waals surface area (Å²) >= 11 is 3.48. The van der Waals surface area contributed by atoms with Crippen LogP contribution in [0, 0.1) is 13.8 Å². The third kappa shape index (κ3) is 2.69. The summed E-state index contributed by atoms with van der Waals surface area (Å²) in [6, 6.07) is 8.08. The molecule has 0 saturated heterocycles. The Bertz CT molecular complexity index is 534. The molecular formula is C13H15BrN2O.